The average molecular weight is 315 g/mol. The molecule has 0 rings (SSSR count). The monoisotopic (exact) mass is 315 g/mol. The van der Waals surface area contributed by atoms with Crippen LogP contribution in [0.2, 0.25) is 0 Å². The predicted octanol–water partition coefficient (Wildman–Crippen LogP) is 0.994. The lowest BCUT2D eigenvalue weighted by Crippen LogP contribution is -2.56. The molecular formula is C16H33N3O3. The third kappa shape index (κ3) is 5.57. The summed E-state index contributed by atoms with van der Waals surface area (Å²) in [6.45, 7) is 8.13. The van der Waals surface area contributed by atoms with Crippen LogP contribution in [0.15, 0.2) is 0 Å². The van der Waals surface area contributed by atoms with E-state index < -0.39 is 12.0 Å². The summed E-state index contributed by atoms with van der Waals surface area (Å²) < 4.78 is 5.48. The number of ether oxygens (including phenoxy) is 1. The van der Waals surface area contributed by atoms with Crippen molar-refractivity contribution in [3.05, 3.63) is 0 Å². The fourth-order valence-electron chi connectivity index (χ4n) is 2.89. The Morgan fingerprint density at radius 2 is 1.82 bits per heavy atom. The highest BCUT2D eigenvalue weighted by atomic mass is 16.5. The number of nitrogens with two attached hydrogens (primary N) is 1. The van der Waals surface area contributed by atoms with Crippen LogP contribution in [-0.2, 0) is 14.3 Å². The molecule has 0 spiro atoms. The van der Waals surface area contributed by atoms with E-state index in [9.17, 15) is 9.59 Å². The molecule has 22 heavy (non-hydrogen) atoms. The maximum absolute atomic E-state index is 12.8. The molecule has 130 valence electrons. The quantitative estimate of drug-likeness (QED) is 0.630. The van der Waals surface area contributed by atoms with Gasteiger partial charge in [-0.3, -0.25) is 9.59 Å². The third-order valence-corrected chi connectivity index (χ3v) is 4.35. The zero-order chi connectivity index (χ0) is 17.4. The van der Waals surface area contributed by atoms with Crippen molar-refractivity contribution in [2.75, 3.05) is 21.2 Å². The van der Waals surface area contributed by atoms with Gasteiger partial charge in [-0.1, -0.05) is 34.1 Å². The van der Waals surface area contributed by atoms with Gasteiger partial charge < -0.3 is 20.7 Å². The Balaban J connectivity index is 5.40. The Morgan fingerprint density at radius 3 is 2.14 bits per heavy atom. The highest BCUT2D eigenvalue weighted by molar-refractivity contribution is 5.82. The number of rotatable bonds is 10. The van der Waals surface area contributed by atoms with Crippen LogP contribution < -0.4 is 11.1 Å². The molecule has 0 aromatic carbocycles. The molecule has 0 aliphatic rings. The zero-order valence-electron chi connectivity index (χ0n) is 15.1. The van der Waals surface area contributed by atoms with E-state index in [0.717, 1.165) is 6.42 Å². The van der Waals surface area contributed by atoms with Crippen LogP contribution in [0.1, 0.15) is 40.5 Å². The molecule has 3 N–H and O–H groups in total. The van der Waals surface area contributed by atoms with Gasteiger partial charge in [0.2, 0.25) is 11.8 Å². The Hall–Kier alpha value is -1.14. The Kier molecular flexibility index (Phi) is 9.28. The molecule has 0 aliphatic carbocycles. The summed E-state index contributed by atoms with van der Waals surface area (Å²) >= 11 is 0. The lowest BCUT2D eigenvalue weighted by atomic mass is 9.90. The van der Waals surface area contributed by atoms with E-state index in [1.165, 1.54) is 0 Å². The van der Waals surface area contributed by atoms with Crippen LogP contribution in [0.5, 0.6) is 0 Å². The van der Waals surface area contributed by atoms with Crippen molar-refractivity contribution in [3.8, 4) is 0 Å². The third-order valence-electron chi connectivity index (χ3n) is 4.35. The summed E-state index contributed by atoms with van der Waals surface area (Å²) in [5, 5.41) is 3.07. The van der Waals surface area contributed by atoms with Crippen LogP contribution in [0, 0.1) is 11.8 Å². The number of nitrogens with one attached hydrogen (secondary N) is 1. The molecule has 0 saturated heterocycles. The fourth-order valence-corrected chi connectivity index (χ4v) is 2.89. The lowest BCUT2D eigenvalue weighted by molar-refractivity contribution is -0.141. The minimum absolute atomic E-state index is 0.00863. The lowest BCUT2D eigenvalue weighted by Gasteiger charge is -2.39. The van der Waals surface area contributed by atoms with Crippen molar-refractivity contribution in [1.29, 1.82) is 0 Å². The summed E-state index contributed by atoms with van der Waals surface area (Å²) in [5.41, 5.74) is 5.32. The van der Waals surface area contributed by atoms with Crippen molar-refractivity contribution in [2.24, 2.45) is 17.6 Å². The Labute approximate surface area is 134 Å². The van der Waals surface area contributed by atoms with E-state index in [0.29, 0.717) is 0 Å². The van der Waals surface area contributed by atoms with Crippen LogP contribution in [0.25, 0.3) is 0 Å². The Morgan fingerprint density at radius 1 is 1.27 bits per heavy atom. The molecular weight excluding hydrogens is 282 g/mol. The molecule has 0 aliphatic heterocycles. The highest BCUT2D eigenvalue weighted by Crippen LogP contribution is 2.22. The summed E-state index contributed by atoms with van der Waals surface area (Å²) in [6.07, 6.45) is 0.591. The molecule has 0 bridgehead atoms. The molecule has 6 heteroatoms. The summed E-state index contributed by atoms with van der Waals surface area (Å²) in [5.74, 6) is -0.0399. The number of hydrogen-bond donors (Lipinski definition) is 2. The molecule has 4 unspecified atom stereocenters. The number of nitrogens with zero attached hydrogens (tertiary/aromatic N) is 1. The number of carbonyl (C=O) groups is 2. The zero-order valence-corrected chi connectivity index (χ0v) is 15.1. The maximum atomic E-state index is 12.8. The van der Waals surface area contributed by atoms with Crippen molar-refractivity contribution in [3.63, 3.8) is 0 Å². The first-order chi connectivity index (χ1) is 10.2. The standard InChI is InChI=1S/C16H33N3O3/c1-8-11(4)15(12(22-7)9-13(17)20)19(6)16(21)14(18-5)10(2)3/h10-12,14-15,18H,8-9H2,1-7H3,(H2,17,20). The van der Waals surface area contributed by atoms with E-state index in [2.05, 4.69) is 19.2 Å². The molecule has 6 nitrogen and oxygen atoms in total. The van der Waals surface area contributed by atoms with Gasteiger partial charge in [0.05, 0.1) is 24.6 Å². The molecule has 2 amide bonds. The van der Waals surface area contributed by atoms with Crippen molar-refractivity contribution in [1.82, 2.24) is 10.2 Å². The smallest absolute Gasteiger partial charge is 0.240 e. The van der Waals surface area contributed by atoms with Gasteiger partial charge in [0, 0.05) is 14.2 Å². The summed E-state index contributed by atoms with van der Waals surface area (Å²) in [6, 6.07) is -0.452. The molecule has 0 radical (unpaired) electrons. The molecule has 4 atom stereocenters. The highest BCUT2D eigenvalue weighted by Gasteiger charge is 2.36. The van der Waals surface area contributed by atoms with Gasteiger partial charge in [0.25, 0.3) is 0 Å². The maximum Gasteiger partial charge on any atom is 0.240 e. The van der Waals surface area contributed by atoms with Gasteiger partial charge >= 0.3 is 0 Å². The van der Waals surface area contributed by atoms with Crippen LogP contribution in [0.3, 0.4) is 0 Å². The van der Waals surface area contributed by atoms with Gasteiger partial charge in [0.1, 0.15) is 0 Å². The molecule has 0 saturated carbocycles. The first-order valence-electron chi connectivity index (χ1n) is 7.96. The van der Waals surface area contributed by atoms with Crippen LogP contribution in [-0.4, -0.2) is 56.1 Å². The average Bonchev–Trinajstić information content (AvgIpc) is 2.45. The van der Waals surface area contributed by atoms with Crippen molar-refractivity contribution in [2.45, 2.75) is 58.7 Å². The van der Waals surface area contributed by atoms with Gasteiger partial charge in [-0.2, -0.15) is 0 Å². The number of carbonyl (C=O) groups excluding carboxylic acids is 2. The normalized spacial score (nSPS) is 16.9. The predicted molar refractivity (Wildman–Crippen MR) is 88.3 cm³/mol. The summed E-state index contributed by atoms with van der Waals surface area (Å²) in [4.78, 5) is 25.8. The number of hydrogen-bond acceptors (Lipinski definition) is 4. The number of amides is 2. The van der Waals surface area contributed by atoms with E-state index in [1.807, 2.05) is 13.8 Å². The first-order valence-corrected chi connectivity index (χ1v) is 7.96. The van der Waals surface area contributed by atoms with Crippen molar-refractivity contribution < 1.29 is 14.3 Å². The molecule has 0 heterocycles. The van der Waals surface area contributed by atoms with Gasteiger partial charge in [-0.25, -0.2) is 0 Å². The molecule has 0 fully saturated rings. The second-order valence-electron chi connectivity index (χ2n) is 6.28. The van der Waals surface area contributed by atoms with Gasteiger partial charge in [-0.05, 0) is 18.9 Å². The van der Waals surface area contributed by atoms with Crippen LogP contribution in [0.4, 0.5) is 0 Å². The molecule has 0 aromatic rings. The minimum atomic E-state index is -0.421. The topological polar surface area (TPSA) is 84.7 Å². The van der Waals surface area contributed by atoms with E-state index in [-0.39, 0.29) is 36.2 Å². The van der Waals surface area contributed by atoms with Crippen LogP contribution >= 0.6 is 0 Å². The number of methoxy groups -OCH3 is 1. The van der Waals surface area contributed by atoms with Gasteiger partial charge in [-0.15, -0.1) is 0 Å². The SMILES string of the molecule is CCC(C)C(C(CC(N)=O)OC)N(C)C(=O)C(NC)C(C)C. The fraction of sp³-hybridized carbons (Fsp3) is 0.875. The van der Waals surface area contributed by atoms with Gasteiger partial charge in [0.15, 0.2) is 0 Å². The Bertz CT molecular complexity index is 361. The first kappa shape index (κ1) is 20.9. The van der Waals surface area contributed by atoms with E-state index >= 15 is 0 Å². The number of likely N-dealkylation sites (N-methyl/N-ethyl adjacent to an activating group) is 2. The largest absolute Gasteiger partial charge is 0.379 e. The second-order valence-corrected chi connectivity index (χ2v) is 6.28. The molecule has 0 aromatic heterocycles. The van der Waals surface area contributed by atoms with Crippen molar-refractivity contribution >= 4 is 11.8 Å². The number of primary amides is 1. The van der Waals surface area contributed by atoms with E-state index in [4.69, 9.17) is 10.5 Å². The summed E-state index contributed by atoms with van der Waals surface area (Å²) in [7, 11) is 5.12. The second kappa shape index (κ2) is 9.79. The minimum Gasteiger partial charge on any atom is -0.379 e. The van der Waals surface area contributed by atoms with E-state index in [1.54, 1.807) is 26.1 Å².